The van der Waals surface area contributed by atoms with Gasteiger partial charge in [-0.15, -0.1) is 0 Å². The smallest absolute Gasteiger partial charge is 0.253 e. The summed E-state index contributed by atoms with van der Waals surface area (Å²) < 4.78 is 0. The van der Waals surface area contributed by atoms with E-state index in [0.717, 1.165) is 0 Å². The van der Waals surface area contributed by atoms with E-state index in [1.54, 1.807) is 0 Å². The van der Waals surface area contributed by atoms with Gasteiger partial charge in [-0.25, -0.2) is 0 Å². The van der Waals surface area contributed by atoms with Crippen molar-refractivity contribution in [1.29, 1.82) is 0 Å². The third-order valence-corrected chi connectivity index (χ3v) is 4.08. The second-order valence-electron chi connectivity index (χ2n) is 7.42. The van der Waals surface area contributed by atoms with Crippen LogP contribution in [0.2, 0.25) is 0 Å². The SMILES string of the molecule is CC(C)N1C(=O)C=CC1=O.CC(C)N1C(=O)C=CC1=O.CC(C)N1C(=O)C=CC1=O. The van der Waals surface area contributed by atoms with Crippen molar-refractivity contribution in [2.24, 2.45) is 0 Å². The molecule has 0 N–H and O–H groups in total. The van der Waals surface area contributed by atoms with Gasteiger partial charge in [0, 0.05) is 54.6 Å². The zero-order valence-electron chi connectivity index (χ0n) is 18.0. The van der Waals surface area contributed by atoms with Crippen molar-refractivity contribution in [1.82, 2.24) is 14.7 Å². The number of nitrogens with zero attached hydrogens (tertiary/aromatic N) is 3. The fourth-order valence-electron chi connectivity index (χ4n) is 2.76. The van der Waals surface area contributed by atoms with E-state index in [1.807, 2.05) is 41.5 Å². The van der Waals surface area contributed by atoms with Crippen molar-refractivity contribution < 1.29 is 28.8 Å². The standard InChI is InChI=1S/3C7H9NO2/c3*1-5(2)8-6(9)3-4-7(8)10/h3*3-5H,1-2H3. The van der Waals surface area contributed by atoms with E-state index in [2.05, 4.69) is 0 Å². The molecule has 0 unspecified atom stereocenters. The highest BCUT2D eigenvalue weighted by molar-refractivity contribution is 6.14. The molecule has 0 bridgehead atoms. The summed E-state index contributed by atoms with van der Waals surface area (Å²) in [6.45, 7) is 10.8. The highest BCUT2D eigenvalue weighted by Crippen LogP contribution is 2.08. The molecule has 9 nitrogen and oxygen atoms in total. The number of amides is 6. The van der Waals surface area contributed by atoms with Crippen molar-refractivity contribution in [3.05, 3.63) is 36.5 Å². The summed E-state index contributed by atoms with van der Waals surface area (Å²) in [4.78, 5) is 68.7. The first-order valence-electron chi connectivity index (χ1n) is 9.54. The summed E-state index contributed by atoms with van der Waals surface area (Å²) in [5.41, 5.74) is 0. The van der Waals surface area contributed by atoms with Crippen molar-refractivity contribution in [2.45, 2.75) is 59.7 Å². The minimum atomic E-state index is -0.208. The summed E-state index contributed by atoms with van der Waals surface area (Å²) >= 11 is 0. The van der Waals surface area contributed by atoms with Crippen molar-refractivity contribution in [3.8, 4) is 0 Å². The van der Waals surface area contributed by atoms with E-state index in [9.17, 15) is 28.8 Å². The van der Waals surface area contributed by atoms with Crippen LogP contribution in [0, 0.1) is 0 Å². The van der Waals surface area contributed by atoms with Gasteiger partial charge in [-0.3, -0.25) is 43.5 Å². The zero-order valence-corrected chi connectivity index (χ0v) is 18.0. The Hall–Kier alpha value is -3.36. The first-order chi connectivity index (χ1) is 13.9. The molecule has 0 aromatic carbocycles. The Bertz CT molecular complexity index is 672. The summed E-state index contributed by atoms with van der Waals surface area (Å²) in [7, 11) is 0. The predicted octanol–water partition coefficient (Wildman–Crippen LogP) is 0.959. The van der Waals surface area contributed by atoms with Gasteiger partial charge in [0.2, 0.25) is 0 Å². The van der Waals surface area contributed by atoms with Crippen LogP contribution >= 0.6 is 0 Å². The molecule has 30 heavy (non-hydrogen) atoms. The average molecular weight is 417 g/mol. The van der Waals surface area contributed by atoms with Crippen LogP contribution < -0.4 is 0 Å². The van der Waals surface area contributed by atoms with Gasteiger partial charge in [-0.1, -0.05) is 0 Å². The second kappa shape index (κ2) is 10.4. The number of carbonyl (C=O) groups is 6. The molecule has 0 saturated heterocycles. The Morgan fingerprint density at radius 1 is 0.400 bits per heavy atom. The Morgan fingerprint density at radius 2 is 0.533 bits per heavy atom. The van der Waals surface area contributed by atoms with Crippen molar-refractivity contribution in [2.75, 3.05) is 0 Å². The lowest BCUT2D eigenvalue weighted by Crippen LogP contribution is -2.36. The summed E-state index contributed by atoms with van der Waals surface area (Å²) in [5, 5.41) is 0. The van der Waals surface area contributed by atoms with E-state index in [0.29, 0.717) is 0 Å². The third-order valence-electron chi connectivity index (χ3n) is 4.08. The maximum Gasteiger partial charge on any atom is 0.253 e. The maximum absolute atomic E-state index is 10.8. The lowest BCUT2D eigenvalue weighted by molar-refractivity contribution is -0.140. The van der Waals surface area contributed by atoms with Gasteiger partial charge in [0.1, 0.15) is 0 Å². The van der Waals surface area contributed by atoms with E-state index < -0.39 is 0 Å². The van der Waals surface area contributed by atoms with E-state index >= 15 is 0 Å². The van der Waals surface area contributed by atoms with Gasteiger partial charge in [-0.05, 0) is 41.5 Å². The lowest BCUT2D eigenvalue weighted by Gasteiger charge is -2.17. The molecule has 0 aromatic rings. The monoisotopic (exact) mass is 417 g/mol. The molecule has 3 aliphatic rings. The average Bonchev–Trinajstić information content (AvgIpc) is 3.26. The molecule has 9 heteroatoms. The van der Waals surface area contributed by atoms with Crippen molar-refractivity contribution >= 4 is 35.4 Å². The van der Waals surface area contributed by atoms with Crippen LogP contribution in [0.25, 0.3) is 0 Å². The highest BCUT2D eigenvalue weighted by Gasteiger charge is 2.26. The molecule has 0 atom stereocenters. The molecular weight excluding hydrogens is 390 g/mol. The van der Waals surface area contributed by atoms with Gasteiger partial charge in [0.05, 0.1) is 0 Å². The van der Waals surface area contributed by atoms with Gasteiger partial charge in [-0.2, -0.15) is 0 Å². The Kier molecular flexibility index (Phi) is 8.58. The van der Waals surface area contributed by atoms with Crippen LogP contribution in [0.1, 0.15) is 41.5 Å². The van der Waals surface area contributed by atoms with Gasteiger partial charge >= 0.3 is 0 Å². The van der Waals surface area contributed by atoms with Gasteiger partial charge in [0.15, 0.2) is 0 Å². The lowest BCUT2D eigenvalue weighted by atomic mass is 10.3. The molecule has 0 aromatic heterocycles. The van der Waals surface area contributed by atoms with Crippen LogP contribution in [-0.2, 0) is 28.8 Å². The summed E-state index contributed by atoms with van der Waals surface area (Å²) in [5.74, 6) is -1.25. The van der Waals surface area contributed by atoms with E-state index in [1.165, 1.54) is 51.2 Å². The molecule has 0 spiro atoms. The normalized spacial score (nSPS) is 17.7. The van der Waals surface area contributed by atoms with Crippen LogP contribution in [0.3, 0.4) is 0 Å². The van der Waals surface area contributed by atoms with Crippen LogP contribution in [0.5, 0.6) is 0 Å². The highest BCUT2D eigenvalue weighted by atomic mass is 16.2. The molecule has 3 aliphatic heterocycles. The predicted molar refractivity (Wildman–Crippen MR) is 108 cm³/mol. The maximum atomic E-state index is 10.8. The molecule has 3 rings (SSSR count). The molecule has 0 aliphatic carbocycles. The number of imide groups is 3. The zero-order chi connectivity index (χ0) is 23.2. The minimum Gasteiger partial charge on any atom is -0.273 e. The fraction of sp³-hybridized carbons (Fsp3) is 0.429. The van der Waals surface area contributed by atoms with Gasteiger partial charge < -0.3 is 0 Å². The first-order valence-corrected chi connectivity index (χ1v) is 9.54. The number of hydrogen-bond donors (Lipinski definition) is 0. The second-order valence-corrected chi connectivity index (χ2v) is 7.42. The number of carbonyl (C=O) groups excluding carboxylic acids is 6. The molecule has 0 fully saturated rings. The molecule has 0 saturated carbocycles. The number of rotatable bonds is 3. The van der Waals surface area contributed by atoms with Crippen LogP contribution in [-0.4, -0.2) is 68.3 Å². The van der Waals surface area contributed by atoms with E-state index in [4.69, 9.17) is 0 Å². The molecule has 162 valence electrons. The Balaban J connectivity index is 0.000000225. The van der Waals surface area contributed by atoms with Crippen LogP contribution in [0.15, 0.2) is 36.5 Å². The number of hydrogen-bond acceptors (Lipinski definition) is 6. The molecular formula is C21H27N3O6. The topological polar surface area (TPSA) is 112 Å². The Morgan fingerprint density at radius 3 is 0.600 bits per heavy atom. The summed E-state index contributed by atoms with van der Waals surface area (Å²) in [6.07, 6.45) is 7.76. The Labute approximate surface area is 175 Å². The molecule has 0 radical (unpaired) electrons. The quantitative estimate of drug-likeness (QED) is 0.632. The molecule has 6 amide bonds. The third kappa shape index (κ3) is 6.07. The molecule has 3 heterocycles. The largest absolute Gasteiger partial charge is 0.273 e. The van der Waals surface area contributed by atoms with Gasteiger partial charge in [0.25, 0.3) is 35.4 Å². The summed E-state index contributed by atoms with van der Waals surface area (Å²) in [6, 6.07) is -0.0972. The van der Waals surface area contributed by atoms with Crippen molar-refractivity contribution in [3.63, 3.8) is 0 Å². The minimum absolute atomic E-state index is 0.0324. The fourth-order valence-corrected chi connectivity index (χ4v) is 2.76. The van der Waals surface area contributed by atoms with E-state index in [-0.39, 0.29) is 53.6 Å². The first kappa shape index (κ1) is 24.7. The van der Waals surface area contributed by atoms with Crippen LogP contribution in [0.4, 0.5) is 0 Å².